The van der Waals surface area contributed by atoms with Gasteiger partial charge in [-0.3, -0.25) is 4.98 Å². The molecule has 0 amide bonds. The molecular formula is C12H10ClNO2. The average Bonchev–Trinajstić information content (AvgIpc) is 2.27. The van der Waals surface area contributed by atoms with Crippen LogP contribution in [0.5, 0.6) is 0 Å². The molecule has 3 nitrogen and oxygen atoms in total. The van der Waals surface area contributed by atoms with Crippen molar-refractivity contribution in [3.05, 3.63) is 40.5 Å². The summed E-state index contributed by atoms with van der Waals surface area (Å²) in [6, 6.07) is 6.93. The molecular weight excluding hydrogens is 226 g/mol. The number of pyridine rings is 1. The third-order valence-electron chi connectivity index (χ3n) is 2.31. The molecule has 16 heavy (non-hydrogen) atoms. The number of aryl methyl sites for hydroxylation is 1. The SMILES string of the molecule is COC(=O)c1ccc2c(Cl)cc(C)nc2c1. The van der Waals surface area contributed by atoms with Gasteiger partial charge in [0.1, 0.15) is 0 Å². The van der Waals surface area contributed by atoms with E-state index in [9.17, 15) is 4.79 Å². The summed E-state index contributed by atoms with van der Waals surface area (Å²) in [5.41, 5.74) is 2.00. The Morgan fingerprint density at radius 3 is 2.81 bits per heavy atom. The van der Waals surface area contributed by atoms with E-state index < -0.39 is 0 Å². The number of hydrogen-bond acceptors (Lipinski definition) is 3. The van der Waals surface area contributed by atoms with Crippen molar-refractivity contribution < 1.29 is 9.53 Å². The van der Waals surface area contributed by atoms with Crippen LogP contribution in [0.15, 0.2) is 24.3 Å². The summed E-state index contributed by atoms with van der Waals surface area (Å²) in [6.07, 6.45) is 0. The summed E-state index contributed by atoms with van der Waals surface area (Å²) in [5.74, 6) is -0.374. The first-order valence-electron chi connectivity index (χ1n) is 4.77. The van der Waals surface area contributed by atoms with E-state index in [2.05, 4.69) is 9.72 Å². The molecule has 0 atom stereocenters. The van der Waals surface area contributed by atoms with Crippen LogP contribution in [0.25, 0.3) is 10.9 Å². The molecule has 0 saturated heterocycles. The summed E-state index contributed by atoms with van der Waals surface area (Å²) in [6.45, 7) is 1.86. The lowest BCUT2D eigenvalue weighted by atomic mass is 10.1. The summed E-state index contributed by atoms with van der Waals surface area (Å²) < 4.78 is 4.65. The number of carbonyl (C=O) groups excluding carboxylic acids is 1. The zero-order valence-electron chi connectivity index (χ0n) is 8.95. The smallest absolute Gasteiger partial charge is 0.337 e. The number of ether oxygens (including phenoxy) is 1. The molecule has 0 radical (unpaired) electrons. The van der Waals surface area contributed by atoms with Gasteiger partial charge in [-0.1, -0.05) is 17.7 Å². The molecule has 0 bridgehead atoms. The van der Waals surface area contributed by atoms with Gasteiger partial charge in [0, 0.05) is 11.1 Å². The van der Waals surface area contributed by atoms with Crippen LogP contribution in [0, 0.1) is 6.92 Å². The number of halogens is 1. The summed E-state index contributed by atoms with van der Waals surface area (Å²) in [7, 11) is 1.35. The predicted molar refractivity (Wildman–Crippen MR) is 62.8 cm³/mol. The molecule has 0 aliphatic rings. The first-order chi connectivity index (χ1) is 7.61. The van der Waals surface area contributed by atoms with E-state index in [0.717, 1.165) is 11.1 Å². The van der Waals surface area contributed by atoms with Crippen molar-refractivity contribution in [2.24, 2.45) is 0 Å². The van der Waals surface area contributed by atoms with Crippen LogP contribution in [0.3, 0.4) is 0 Å². The molecule has 0 aliphatic heterocycles. The first kappa shape index (κ1) is 10.9. The van der Waals surface area contributed by atoms with E-state index in [4.69, 9.17) is 11.6 Å². The van der Waals surface area contributed by atoms with Gasteiger partial charge >= 0.3 is 5.97 Å². The number of aromatic nitrogens is 1. The van der Waals surface area contributed by atoms with Crippen molar-refractivity contribution in [2.45, 2.75) is 6.92 Å². The minimum absolute atomic E-state index is 0.374. The van der Waals surface area contributed by atoms with Crippen LogP contribution in [0.1, 0.15) is 16.1 Å². The molecule has 0 spiro atoms. The van der Waals surface area contributed by atoms with Gasteiger partial charge in [0.25, 0.3) is 0 Å². The lowest BCUT2D eigenvalue weighted by molar-refractivity contribution is 0.0601. The number of methoxy groups -OCH3 is 1. The van der Waals surface area contributed by atoms with E-state index in [-0.39, 0.29) is 5.97 Å². The lowest BCUT2D eigenvalue weighted by Crippen LogP contribution is -2.01. The van der Waals surface area contributed by atoms with Gasteiger partial charge in [-0.25, -0.2) is 4.79 Å². The van der Waals surface area contributed by atoms with E-state index in [1.165, 1.54) is 7.11 Å². The Hall–Kier alpha value is -1.61. The van der Waals surface area contributed by atoms with Crippen molar-refractivity contribution in [3.8, 4) is 0 Å². The van der Waals surface area contributed by atoms with Crippen LogP contribution >= 0.6 is 11.6 Å². The molecule has 4 heteroatoms. The number of benzene rings is 1. The van der Waals surface area contributed by atoms with Gasteiger partial charge in [-0.15, -0.1) is 0 Å². The fraction of sp³-hybridized carbons (Fsp3) is 0.167. The quantitative estimate of drug-likeness (QED) is 0.714. The maximum absolute atomic E-state index is 11.3. The largest absolute Gasteiger partial charge is 0.465 e. The van der Waals surface area contributed by atoms with Crippen LogP contribution in [0.4, 0.5) is 0 Å². The Morgan fingerprint density at radius 2 is 2.12 bits per heavy atom. The fourth-order valence-electron chi connectivity index (χ4n) is 1.55. The monoisotopic (exact) mass is 235 g/mol. The maximum atomic E-state index is 11.3. The molecule has 0 saturated carbocycles. The zero-order valence-corrected chi connectivity index (χ0v) is 9.71. The highest BCUT2D eigenvalue weighted by atomic mass is 35.5. The van der Waals surface area contributed by atoms with E-state index in [1.807, 2.05) is 6.92 Å². The van der Waals surface area contributed by atoms with Crippen LogP contribution in [-0.2, 0) is 4.74 Å². The second kappa shape index (κ2) is 4.10. The molecule has 82 valence electrons. The van der Waals surface area contributed by atoms with Crippen LogP contribution in [-0.4, -0.2) is 18.1 Å². The van der Waals surface area contributed by atoms with E-state index in [0.29, 0.717) is 16.1 Å². The summed E-state index contributed by atoms with van der Waals surface area (Å²) in [5, 5.41) is 1.47. The van der Waals surface area contributed by atoms with Crippen molar-refractivity contribution in [1.29, 1.82) is 0 Å². The highest BCUT2D eigenvalue weighted by molar-refractivity contribution is 6.35. The molecule has 0 unspecified atom stereocenters. The molecule has 0 fully saturated rings. The fourth-order valence-corrected chi connectivity index (χ4v) is 1.87. The van der Waals surface area contributed by atoms with Gasteiger partial charge < -0.3 is 4.74 Å². The normalized spacial score (nSPS) is 10.4. The predicted octanol–water partition coefficient (Wildman–Crippen LogP) is 2.98. The maximum Gasteiger partial charge on any atom is 0.337 e. The minimum atomic E-state index is -0.374. The first-order valence-corrected chi connectivity index (χ1v) is 5.15. The van der Waals surface area contributed by atoms with Crippen molar-refractivity contribution in [1.82, 2.24) is 4.98 Å². The summed E-state index contributed by atoms with van der Waals surface area (Å²) in [4.78, 5) is 15.7. The number of esters is 1. The minimum Gasteiger partial charge on any atom is -0.465 e. The van der Waals surface area contributed by atoms with Gasteiger partial charge in [-0.2, -0.15) is 0 Å². The molecule has 0 N–H and O–H groups in total. The highest BCUT2D eigenvalue weighted by Gasteiger charge is 2.08. The second-order valence-electron chi connectivity index (χ2n) is 3.47. The Labute approximate surface area is 98.0 Å². The topological polar surface area (TPSA) is 39.2 Å². The number of carbonyl (C=O) groups is 1. The zero-order chi connectivity index (χ0) is 11.7. The molecule has 1 aromatic heterocycles. The lowest BCUT2D eigenvalue weighted by Gasteiger charge is -2.04. The highest BCUT2D eigenvalue weighted by Crippen LogP contribution is 2.24. The number of rotatable bonds is 1. The van der Waals surface area contributed by atoms with Crippen LogP contribution in [0.2, 0.25) is 5.02 Å². The van der Waals surface area contributed by atoms with Gasteiger partial charge in [0.05, 0.1) is 23.2 Å². The van der Waals surface area contributed by atoms with Crippen LogP contribution < -0.4 is 0 Å². The standard InChI is InChI=1S/C12H10ClNO2/c1-7-5-10(13)9-4-3-8(12(15)16-2)6-11(9)14-7/h3-6H,1-2H3. The number of nitrogens with zero attached hydrogens (tertiary/aromatic N) is 1. The third-order valence-corrected chi connectivity index (χ3v) is 2.62. The van der Waals surface area contributed by atoms with Crippen molar-refractivity contribution >= 4 is 28.5 Å². The second-order valence-corrected chi connectivity index (χ2v) is 3.88. The molecule has 1 heterocycles. The third kappa shape index (κ3) is 1.86. The molecule has 0 aliphatic carbocycles. The van der Waals surface area contributed by atoms with Crippen molar-refractivity contribution in [3.63, 3.8) is 0 Å². The number of hydrogen-bond donors (Lipinski definition) is 0. The van der Waals surface area contributed by atoms with Gasteiger partial charge in [0.15, 0.2) is 0 Å². The van der Waals surface area contributed by atoms with E-state index in [1.54, 1.807) is 24.3 Å². The van der Waals surface area contributed by atoms with Gasteiger partial charge in [-0.05, 0) is 25.1 Å². The Kier molecular flexibility index (Phi) is 2.79. The molecule has 2 rings (SSSR count). The molecule has 1 aromatic carbocycles. The molecule has 2 aromatic rings. The van der Waals surface area contributed by atoms with Crippen molar-refractivity contribution in [2.75, 3.05) is 7.11 Å². The van der Waals surface area contributed by atoms with Gasteiger partial charge in [0.2, 0.25) is 0 Å². The Balaban J connectivity index is 2.66. The van der Waals surface area contributed by atoms with E-state index >= 15 is 0 Å². The Morgan fingerprint density at radius 1 is 1.38 bits per heavy atom. The number of fused-ring (bicyclic) bond motifs is 1. The average molecular weight is 236 g/mol. The summed E-state index contributed by atoms with van der Waals surface area (Å²) >= 11 is 6.07. The Bertz CT molecular complexity index is 566.